The summed E-state index contributed by atoms with van der Waals surface area (Å²) in [5.41, 5.74) is 3.90. The third-order valence-corrected chi connectivity index (χ3v) is 4.22. The van der Waals surface area contributed by atoms with Crippen molar-refractivity contribution in [2.75, 3.05) is 26.4 Å². The van der Waals surface area contributed by atoms with Crippen molar-refractivity contribution in [3.8, 4) is 5.75 Å². The first-order valence-electron chi connectivity index (χ1n) is 8.22. The molecule has 0 radical (unpaired) electrons. The molecule has 1 aliphatic rings. The molecule has 7 heteroatoms. The number of hydrogen-bond acceptors (Lipinski definition) is 5. The van der Waals surface area contributed by atoms with Gasteiger partial charge in [0.25, 0.3) is 5.91 Å². The molecule has 0 unspecified atom stereocenters. The Morgan fingerprint density at radius 3 is 2.65 bits per heavy atom. The number of rotatable bonds is 6. The summed E-state index contributed by atoms with van der Waals surface area (Å²) in [5, 5.41) is 3.98. The Hall–Kier alpha value is -2.22. The number of hydrogen-bond donors (Lipinski definition) is 1. The molecule has 26 heavy (non-hydrogen) atoms. The zero-order chi connectivity index (χ0) is 18.2. The van der Waals surface area contributed by atoms with Gasteiger partial charge in [-0.1, -0.05) is 15.9 Å². The zero-order valence-electron chi connectivity index (χ0n) is 14.1. The summed E-state index contributed by atoms with van der Waals surface area (Å²) in [5.74, 6) is 0.485. The molecule has 0 aliphatic carbocycles. The number of benzene rings is 2. The number of amides is 1. The molecule has 0 aromatic heterocycles. The van der Waals surface area contributed by atoms with E-state index < -0.39 is 0 Å². The first-order valence-corrected chi connectivity index (χ1v) is 9.01. The Labute approximate surface area is 160 Å². The van der Waals surface area contributed by atoms with E-state index in [-0.39, 0.29) is 12.0 Å². The van der Waals surface area contributed by atoms with Gasteiger partial charge in [-0.05, 0) is 54.1 Å². The topological polar surface area (TPSA) is 69.2 Å². The predicted octanol–water partition coefficient (Wildman–Crippen LogP) is 3.01. The molecule has 136 valence electrons. The summed E-state index contributed by atoms with van der Waals surface area (Å²) in [6.45, 7) is 2.26. The Kier molecular flexibility index (Phi) is 6.76. The second-order valence-corrected chi connectivity index (χ2v) is 6.57. The van der Waals surface area contributed by atoms with Crippen LogP contribution < -0.4 is 10.2 Å². The summed E-state index contributed by atoms with van der Waals surface area (Å²) >= 11 is 3.33. The first-order chi connectivity index (χ1) is 12.7. The van der Waals surface area contributed by atoms with E-state index in [1.807, 2.05) is 36.4 Å². The lowest BCUT2D eigenvalue weighted by atomic mass is 10.2. The summed E-state index contributed by atoms with van der Waals surface area (Å²) in [6.07, 6.45) is 1.55. The van der Waals surface area contributed by atoms with Crippen LogP contribution >= 0.6 is 15.9 Å². The number of halogens is 1. The highest BCUT2D eigenvalue weighted by Gasteiger charge is 2.14. The van der Waals surface area contributed by atoms with E-state index >= 15 is 0 Å². The fourth-order valence-corrected chi connectivity index (χ4v) is 2.57. The van der Waals surface area contributed by atoms with Gasteiger partial charge < -0.3 is 14.2 Å². The van der Waals surface area contributed by atoms with Gasteiger partial charge in [-0.2, -0.15) is 5.10 Å². The van der Waals surface area contributed by atoms with E-state index in [2.05, 4.69) is 26.5 Å². The number of nitrogens with zero attached hydrogens (tertiary/aromatic N) is 1. The fourth-order valence-electron chi connectivity index (χ4n) is 2.30. The molecule has 1 saturated heterocycles. The van der Waals surface area contributed by atoms with Crippen molar-refractivity contribution in [2.24, 2.45) is 5.10 Å². The average Bonchev–Trinajstić information content (AvgIpc) is 2.68. The highest BCUT2D eigenvalue weighted by atomic mass is 79.9. The molecule has 1 atom stereocenters. The SMILES string of the molecule is O=C(N/N=C\c1ccc(OC[C@@H]2COCCO2)cc1)c1ccc(Br)cc1. The van der Waals surface area contributed by atoms with Crippen molar-refractivity contribution in [2.45, 2.75) is 6.10 Å². The van der Waals surface area contributed by atoms with Crippen molar-refractivity contribution in [3.63, 3.8) is 0 Å². The van der Waals surface area contributed by atoms with Crippen LogP contribution in [0.15, 0.2) is 58.1 Å². The zero-order valence-corrected chi connectivity index (χ0v) is 15.6. The van der Waals surface area contributed by atoms with Gasteiger partial charge in [0, 0.05) is 10.0 Å². The van der Waals surface area contributed by atoms with Crippen LogP contribution in [0.25, 0.3) is 0 Å². The van der Waals surface area contributed by atoms with Crippen LogP contribution in [0.4, 0.5) is 0 Å². The number of nitrogens with one attached hydrogen (secondary N) is 1. The van der Waals surface area contributed by atoms with E-state index in [4.69, 9.17) is 14.2 Å². The lowest BCUT2D eigenvalue weighted by Gasteiger charge is -2.22. The lowest BCUT2D eigenvalue weighted by molar-refractivity contribution is -0.101. The van der Waals surface area contributed by atoms with Gasteiger partial charge in [0.1, 0.15) is 18.5 Å². The molecular formula is C19H19BrN2O4. The van der Waals surface area contributed by atoms with Crippen molar-refractivity contribution < 1.29 is 19.0 Å². The van der Waals surface area contributed by atoms with Gasteiger partial charge in [0.05, 0.1) is 26.0 Å². The van der Waals surface area contributed by atoms with Crippen LogP contribution in [-0.2, 0) is 9.47 Å². The molecule has 0 bridgehead atoms. The molecule has 6 nitrogen and oxygen atoms in total. The standard InChI is InChI=1S/C19H19BrN2O4/c20-16-5-3-15(4-6-16)19(23)22-21-11-14-1-7-17(8-2-14)26-13-18-12-24-9-10-25-18/h1-8,11,18H,9-10,12-13H2,(H,22,23)/b21-11-/t18-/m0/s1. The minimum absolute atomic E-state index is 0.0289. The third kappa shape index (κ3) is 5.66. The minimum atomic E-state index is -0.261. The second-order valence-electron chi connectivity index (χ2n) is 5.65. The molecule has 0 saturated carbocycles. The average molecular weight is 419 g/mol. The van der Waals surface area contributed by atoms with Gasteiger partial charge in [-0.3, -0.25) is 4.79 Å². The van der Waals surface area contributed by atoms with Gasteiger partial charge in [-0.25, -0.2) is 5.43 Å². The lowest BCUT2D eigenvalue weighted by Crippen LogP contribution is -2.33. The highest BCUT2D eigenvalue weighted by Crippen LogP contribution is 2.13. The molecule has 3 rings (SSSR count). The van der Waals surface area contributed by atoms with Gasteiger partial charge in [0.15, 0.2) is 0 Å². The van der Waals surface area contributed by atoms with Crippen LogP contribution in [-0.4, -0.2) is 44.7 Å². The van der Waals surface area contributed by atoms with Crippen molar-refractivity contribution >= 4 is 28.1 Å². The maximum absolute atomic E-state index is 12.0. The van der Waals surface area contributed by atoms with Crippen molar-refractivity contribution in [3.05, 3.63) is 64.1 Å². The number of hydrazone groups is 1. The molecule has 1 fully saturated rings. The second kappa shape index (κ2) is 9.47. The van der Waals surface area contributed by atoms with Crippen LogP contribution in [0.3, 0.4) is 0 Å². The number of ether oxygens (including phenoxy) is 3. The molecule has 1 amide bonds. The maximum atomic E-state index is 12.0. The highest BCUT2D eigenvalue weighted by molar-refractivity contribution is 9.10. The quantitative estimate of drug-likeness (QED) is 0.578. The van der Waals surface area contributed by atoms with Gasteiger partial charge >= 0.3 is 0 Å². The molecule has 1 N–H and O–H groups in total. The van der Waals surface area contributed by atoms with Crippen LogP contribution in [0, 0.1) is 0 Å². The summed E-state index contributed by atoms with van der Waals surface area (Å²) in [7, 11) is 0. The van der Waals surface area contributed by atoms with E-state index in [0.29, 0.717) is 32.0 Å². The predicted molar refractivity (Wildman–Crippen MR) is 102 cm³/mol. The first kappa shape index (κ1) is 18.6. The monoisotopic (exact) mass is 418 g/mol. The Morgan fingerprint density at radius 2 is 1.96 bits per heavy atom. The molecule has 2 aromatic rings. The Bertz CT molecular complexity index is 741. The Balaban J connectivity index is 1.46. The van der Waals surface area contributed by atoms with Gasteiger partial charge in [0.2, 0.25) is 0 Å². The molecule has 1 aliphatic heterocycles. The Morgan fingerprint density at radius 1 is 1.19 bits per heavy atom. The van der Waals surface area contributed by atoms with E-state index in [9.17, 15) is 4.79 Å². The largest absolute Gasteiger partial charge is 0.491 e. The number of carbonyl (C=O) groups excluding carboxylic acids is 1. The van der Waals surface area contributed by atoms with Crippen LogP contribution in [0.1, 0.15) is 15.9 Å². The normalized spacial score (nSPS) is 17.2. The van der Waals surface area contributed by atoms with Crippen molar-refractivity contribution in [1.29, 1.82) is 0 Å². The summed E-state index contributed by atoms with van der Waals surface area (Å²) < 4.78 is 17.5. The smallest absolute Gasteiger partial charge is 0.271 e. The fraction of sp³-hybridized carbons (Fsp3) is 0.263. The summed E-state index contributed by atoms with van der Waals surface area (Å²) in [6, 6.07) is 14.5. The van der Waals surface area contributed by atoms with Crippen LogP contribution in [0.5, 0.6) is 5.75 Å². The van der Waals surface area contributed by atoms with Crippen molar-refractivity contribution in [1.82, 2.24) is 5.43 Å². The third-order valence-electron chi connectivity index (χ3n) is 3.69. The summed E-state index contributed by atoms with van der Waals surface area (Å²) in [4.78, 5) is 12.0. The molecule has 1 heterocycles. The molecule has 0 spiro atoms. The van der Waals surface area contributed by atoms with E-state index in [1.165, 1.54) is 0 Å². The number of carbonyl (C=O) groups is 1. The molecular weight excluding hydrogens is 400 g/mol. The maximum Gasteiger partial charge on any atom is 0.271 e. The van der Waals surface area contributed by atoms with E-state index in [1.54, 1.807) is 18.3 Å². The molecule has 2 aromatic carbocycles. The van der Waals surface area contributed by atoms with Crippen LogP contribution in [0.2, 0.25) is 0 Å². The van der Waals surface area contributed by atoms with Gasteiger partial charge in [-0.15, -0.1) is 0 Å². The minimum Gasteiger partial charge on any atom is -0.491 e. The van der Waals surface area contributed by atoms with E-state index in [0.717, 1.165) is 15.8 Å².